The van der Waals surface area contributed by atoms with Crippen LogP contribution in [0.1, 0.15) is 24.0 Å². The van der Waals surface area contributed by atoms with Crippen molar-refractivity contribution in [2.45, 2.75) is 24.5 Å². The van der Waals surface area contributed by atoms with Crippen molar-refractivity contribution in [1.29, 1.82) is 0 Å². The molecule has 0 bridgehead atoms. The van der Waals surface area contributed by atoms with Crippen LogP contribution in [0, 0.1) is 5.41 Å². The van der Waals surface area contributed by atoms with E-state index >= 15 is 0 Å². The first-order valence-corrected chi connectivity index (χ1v) is 8.83. The molecular formula is C15H23NO3S. The Labute approximate surface area is 121 Å². The van der Waals surface area contributed by atoms with Crippen LogP contribution in [0.2, 0.25) is 0 Å². The second-order valence-corrected chi connectivity index (χ2v) is 7.86. The van der Waals surface area contributed by atoms with Crippen LogP contribution in [0.15, 0.2) is 24.3 Å². The molecule has 0 aromatic heterocycles. The number of methoxy groups -OCH3 is 1. The van der Waals surface area contributed by atoms with Gasteiger partial charge in [-0.3, -0.25) is 0 Å². The van der Waals surface area contributed by atoms with E-state index in [4.69, 9.17) is 10.5 Å². The summed E-state index contributed by atoms with van der Waals surface area (Å²) in [4.78, 5) is 0. The van der Waals surface area contributed by atoms with E-state index in [-0.39, 0.29) is 5.92 Å². The number of hydrogen-bond acceptors (Lipinski definition) is 4. The summed E-state index contributed by atoms with van der Waals surface area (Å²) in [5.74, 6) is -0.0617. The van der Waals surface area contributed by atoms with E-state index in [0.29, 0.717) is 13.2 Å². The molecule has 0 saturated heterocycles. The normalized spacial score (nSPS) is 29.4. The van der Waals surface area contributed by atoms with Crippen molar-refractivity contribution in [2.75, 3.05) is 26.5 Å². The largest absolute Gasteiger partial charge is 0.384 e. The van der Waals surface area contributed by atoms with E-state index in [1.165, 1.54) is 11.8 Å². The quantitative estimate of drug-likeness (QED) is 0.860. The molecule has 1 aromatic rings. The molecule has 0 spiro atoms. The zero-order valence-electron chi connectivity index (χ0n) is 12.3. The molecule has 0 heterocycles. The number of rotatable bonds is 6. The highest BCUT2D eigenvalue weighted by Gasteiger charge is 2.69. The van der Waals surface area contributed by atoms with E-state index in [1.54, 1.807) is 7.11 Å². The Morgan fingerprint density at radius 2 is 1.90 bits per heavy atom. The third-order valence-electron chi connectivity index (χ3n) is 4.38. The minimum Gasteiger partial charge on any atom is -0.384 e. The lowest BCUT2D eigenvalue weighted by Crippen LogP contribution is -2.28. The van der Waals surface area contributed by atoms with Crippen LogP contribution in [-0.4, -0.2) is 40.2 Å². The summed E-state index contributed by atoms with van der Waals surface area (Å²) in [6.07, 6.45) is 2.26. The van der Waals surface area contributed by atoms with Crippen LogP contribution in [0.4, 0.5) is 0 Å². The molecule has 1 aliphatic carbocycles. The molecule has 4 nitrogen and oxygen atoms in total. The van der Waals surface area contributed by atoms with Gasteiger partial charge in [0.15, 0.2) is 9.84 Å². The highest BCUT2D eigenvalue weighted by atomic mass is 32.2. The van der Waals surface area contributed by atoms with Gasteiger partial charge in [-0.15, -0.1) is 0 Å². The first kappa shape index (κ1) is 15.5. The van der Waals surface area contributed by atoms with Gasteiger partial charge in [0.05, 0.1) is 11.9 Å². The van der Waals surface area contributed by atoms with Gasteiger partial charge in [-0.05, 0) is 17.5 Å². The number of nitrogens with two attached hydrogens (primary N) is 1. The average Bonchev–Trinajstić information content (AvgIpc) is 3.09. The lowest BCUT2D eigenvalue weighted by Gasteiger charge is -2.14. The van der Waals surface area contributed by atoms with Crippen LogP contribution in [0.25, 0.3) is 0 Å². The maximum absolute atomic E-state index is 12.0. The Kier molecular flexibility index (Phi) is 4.23. The molecule has 1 saturated carbocycles. The minimum atomic E-state index is -3.14. The van der Waals surface area contributed by atoms with Crippen LogP contribution in [0.5, 0.6) is 0 Å². The molecule has 0 unspecified atom stereocenters. The minimum absolute atomic E-state index is 0.0617. The monoisotopic (exact) mass is 297 g/mol. The van der Waals surface area contributed by atoms with Crippen LogP contribution < -0.4 is 5.73 Å². The third-order valence-corrected chi connectivity index (χ3v) is 6.05. The average molecular weight is 297 g/mol. The van der Waals surface area contributed by atoms with Crippen molar-refractivity contribution in [2.24, 2.45) is 11.1 Å². The summed E-state index contributed by atoms with van der Waals surface area (Å²) in [6, 6.07) is 8.16. The van der Waals surface area contributed by atoms with E-state index in [1.807, 2.05) is 12.1 Å². The summed E-state index contributed by atoms with van der Waals surface area (Å²) in [7, 11) is -1.55. The number of aryl methyl sites for hydroxylation is 1. The molecule has 1 aliphatic rings. The number of sulfone groups is 1. The summed E-state index contributed by atoms with van der Waals surface area (Å²) in [5.41, 5.74) is 7.69. The van der Waals surface area contributed by atoms with Gasteiger partial charge in [0.25, 0.3) is 0 Å². The Hall–Kier alpha value is -0.910. The van der Waals surface area contributed by atoms with Crippen molar-refractivity contribution in [3.8, 4) is 0 Å². The standard InChI is InChI=1S/C15H23NO3S/c1-4-11-5-7-12(8-6-11)13-14(20(3,17)18)15(13,9-16)10-19-2/h5-8,13-14H,4,9-10,16H2,1-3H3/t13-,14-,15-/m1/s1. The molecule has 112 valence electrons. The van der Waals surface area contributed by atoms with Crippen molar-refractivity contribution in [3.05, 3.63) is 35.4 Å². The molecule has 3 atom stereocenters. The van der Waals surface area contributed by atoms with Gasteiger partial charge >= 0.3 is 0 Å². The lowest BCUT2D eigenvalue weighted by molar-refractivity contribution is 0.142. The van der Waals surface area contributed by atoms with Gasteiger partial charge < -0.3 is 10.5 Å². The lowest BCUT2D eigenvalue weighted by atomic mass is 9.99. The molecule has 1 fully saturated rings. The van der Waals surface area contributed by atoms with Gasteiger partial charge in [0.2, 0.25) is 0 Å². The van der Waals surface area contributed by atoms with Gasteiger partial charge in [0, 0.05) is 31.2 Å². The maximum atomic E-state index is 12.0. The van der Waals surface area contributed by atoms with Crippen molar-refractivity contribution in [3.63, 3.8) is 0 Å². The second kappa shape index (κ2) is 5.47. The fourth-order valence-electron chi connectivity index (χ4n) is 3.34. The first-order valence-electron chi connectivity index (χ1n) is 6.87. The van der Waals surface area contributed by atoms with Crippen LogP contribution in [0.3, 0.4) is 0 Å². The van der Waals surface area contributed by atoms with Crippen LogP contribution in [-0.2, 0) is 21.0 Å². The first-order chi connectivity index (χ1) is 9.40. The predicted molar refractivity (Wildman–Crippen MR) is 80.6 cm³/mol. The van der Waals surface area contributed by atoms with Gasteiger partial charge in [-0.25, -0.2) is 8.42 Å². The zero-order valence-corrected chi connectivity index (χ0v) is 13.1. The molecule has 1 aromatic carbocycles. The highest BCUT2D eigenvalue weighted by Crippen LogP contribution is 2.62. The number of benzene rings is 1. The second-order valence-electron chi connectivity index (χ2n) is 5.69. The van der Waals surface area contributed by atoms with Crippen molar-refractivity contribution < 1.29 is 13.2 Å². The SMILES string of the molecule is CCc1ccc([C@@H]2[C@@H](S(C)(=O)=O)[C@]2(CN)COC)cc1. The molecule has 20 heavy (non-hydrogen) atoms. The zero-order chi connectivity index (χ0) is 15.0. The summed E-state index contributed by atoms with van der Waals surface area (Å²) < 4.78 is 29.3. The van der Waals surface area contributed by atoms with Gasteiger partial charge in [-0.2, -0.15) is 0 Å². The molecule has 2 rings (SSSR count). The Morgan fingerprint density at radius 3 is 2.30 bits per heavy atom. The predicted octanol–water partition coefficient (Wildman–Crippen LogP) is 1.35. The van der Waals surface area contributed by atoms with E-state index in [0.717, 1.165) is 12.0 Å². The van der Waals surface area contributed by atoms with Crippen molar-refractivity contribution in [1.82, 2.24) is 0 Å². The number of hydrogen-bond donors (Lipinski definition) is 1. The Morgan fingerprint density at radius 1 is 1.30 bits per heavy atom. The molecule has 5 heteroatoms. The topological polar surface area (TPSA) is 69.4 Å². The number of ether oxygens (including phenoxy) is 1. The Bertz CT molecular complexity index is 567. The van der Waals surface area contributed by atoms with E-state index in [9.17, 15) is 8.42 Å². The Balaban J connectivity index is 2.37. The maximum Gasteiger partial charge on any atom is 0.151 e. The molecule has 0 aliphatic heterocycles. The summed E-state index contributed by atoms with van der Waals surface area (Å²) >= 11 is 0. The summed E-state index contributed by atoms with van der Waals surface area (Å²) in [6.45, 7) is 2.79. The molecule has 0 radical (unpaired) electrons. The molecule has 2 N–H and O–H groups in total. The fourth-order valence-corrected chi connectivity index (χ4v) is 5.34. The fraction of sp³-hybridized carbons (Fsp3) is 0.600. The molecular weight excluding hydrogens is 274 g/mol. The third kappa shape index (κ3) is 2.50. The van der Waals surface area contributed by atoms with Crippen molar-refractivity contribution >= 4 is 9.84 Å². The molecule has 0 amide bonds. The van der Waals surface area contributed by atoms with E-state index < -0.39 is 20.5 Å². The summed E-state index contributed by atoms with van der Waals surface area (Å²) in [5, 5.41) is -0.438. The van der Waals surface area contributed by atoms with Gasteiger partial charge in [0.1, 0.15) is 0 Å². The smallest absolute Gasteiger partial charge is 0.151 e. The van der Waals surface area contributed by atoms with Crippen LogP contribution >= 0.6 is 0 Å². The highest BCUT2D eigenvalue weighted by molar-refractivity contribution is 7.91. The van der Waals surface area contributed by atoms with E-state index in [2.05, 4.69) is 19.1 Å². The van der Waals surface area contributed by atoms with Gasteiger partial charge in [-0.1, -0.05) is 31.2 Å².